The standard InChI is InChI=1S/C15H13ClF2/c1-9-3-4-14(17)11(5-9)8-12-6-10(2)7-13(16)15(12)18/h3-7H,8H2,1-2H3. The molecule has 0 aliphatic heterocycles. The van der Waals surface area contributed by atoms with Gasteiger partial charge in [-0.1, -0.05) is 35.4 Å². The molecule has 0 atom stereocenters. The summed E-state index contributed by atoms with van der Waals surface area (Å²) in [4.78, 5) is 0. The maximum absolute atomic E-state index is 13.8. The fourth-order valence-corrected chi connectivity index (χ4v) is 2.26. The SMILES string of the molecule is Cc1ccc(F)c(Cc2cc(C)cc(Cl)c2F)c1. The van der Waals surface area contributed by atoms with Crippen LogP contribution in [0.2, 0.25) is 5.02 Å². The number of rotatable bonds is 2. The number of hydrogen-bond acceptors (Lipinski definition) is 0. The van der Waals surface area contributed by atoms with Crippen LogP contribution in [0.1, 0.15) is 22.3 Å². The lowest BCUT2D eigenvalue weighted by molar-refractivity contribution is 0.598. The van der Waals surface area contributed by atoms with Crippen LogP contribution in [0.5, 0.6) is 0 Å². The topological polar surface area (TPSA) is 0 Å². The van der Waals surface area contributed by atoms with Crippen molar-refractivity contribution < 1.29 is 8.78 Å². The molecule has 0 nitrogen and oxygen atoms in total. The summed E-state index contributed by atoms with van der Waals surface area (Å²) in [5.74, 6) is -0.791. The van der Waals surface area contributed by atoms with Gasteiger partial charge in [-0.25, -0.2) is 8.78 Å². The lowest BCUT2D eigenvalue weighted by Gasteiger charge is -2.08. The highest BCUT2D eigenvalue weighted by Crippen LogP contribution is 2.24. The highest BCUT2D eigenvalue weighted by atomic mass is 35.5. The van der Waals surface area contributed by atoms with Crippen LogP contribution in [0, 0.1) is 25.5 Å². The molecule has 0 aliphatic carbocycles. The molecule has 0 unspecified atom stereocenters. The van der Waals surface area contributed by atoms with Gasteiger partial charge in [0.2, 0.25) is 0 Å². The molecule has 0 aromatic heterocycles. The van der Waals surface area contributed by atoms with Crippen molar-refractivity contribution in [3.8, 4) is 0 Å². The van der Waals surface area contributed by atoms with E-state index in [2.05, 4.69) is 0 Å². The predicted molar refractivity (Wildman–Crippen MR) is 70.1 cm³/mol. The van der Waals surface area contributed by atoms with Crippen molar-refractivity contribution >= 4 is 11.6 Å². The van der Waals surface area contributed by atoms with E-state index in [1.807, 2.05) is 13.8 Å². The minimum atomic E-state index is -0.469. The molecule has 94 valence electrons. The zero-order chi connectivity index (χ0) is 13.3. The molecule has 0 saturated carbocycles. The second kappa shape index (κ2) is 5.07. The Morgan fingerprint density at radius 3 is 2.33 bits per heavy atom. The first-order valence-corrected chi connectivity index (χ1v) is 6.04. The Morgan fingerprint density at radius 2 is 1.61 bits per heavy atom. The molecule has 3 heteroatoms. The van der Waals surface area contributed by atoms with Gasteiger partial charge in [0.1, 0.15) is 11.6 Å². The molecule has 2 rings (SSSR count). The number of benzene rings is 2. The maximum atomic E-state index is 13.8. The summed E-state index contributed by atoms with van der Waals surface area (Å²) in [5, 5.41) is 0.0815. The van der Waals surface area contributed by atoms with E-state index >= 15 is 0 Å². The van der Waals surface area contributed by atoms with Gasteiger partial charge in [0.05, 0.1) is 5.02 Å². The molecule has 0 fully saturated rings. The van der Waals surface area contributed by atoms with Crippen LogP contribution >= 0.6 is 11.6 Å². The molecule has 0 N–H and O–H groups in total. The normalized spacial score (nSPS) is 10.7. The Kier molecular flexibility index (Phi) is 3.67. The zero-order valence-corrected chi connectivity index (χ0v) is 11.0. The number of hydrogen-bond donors (Lipinski definition) is 0. The van der Waals surface area contributed by atoms with E-state index in [9.17, 15) is 8.78 Å². The number of halogens is 3. The summed E-state index contributed by atoms with van der Waals surface area (Å²) in [7, 11) is 0. The highest BCUT2D eigenvalue weighted by Gasteiger charge is 2.11. The van der Waals surface area contributed by atoms with E-state index in [1.54, 1.807) is 24.3 Å². The van der Waals surface area contributed by atoms with E-state index in [0.29, 0.717) is 11.1 Å². The third-order valence-electron chi connectivity index (χ3n) is 2.83. The minimum absolute atomic E-state index is 0.0815. The summed E-state index contributed by atoms with van der Waals surface area (Å²) >= 11 is 5.79. The van der Waals surface area contributed by atoms with Crippen molar-refractivity contribution in [2.24, 2.45) is 0 Å². The maximum Gasteiger partial charge on any atom is 0.145 e. The largest absolute Gasteiger partial charge is 0.207 e. The highest BCUT2D eigenvalue weighted by molar-refractivity contribution is 6.30. The smallest absolute Gasteiger partial charge is 0.145 e. The summed E-state index contributed by atoms with van der Waals surface area (Å²) < 4.78 is 27.5. The Labute approximate surface area is 110 Å². The molecule has 0 aliphatic rings. The molecule has 0 amide bonds. The molecule has 0 heterocycles. The van der Waals surface area contributed by atoms with Gasteiger partial charge in [0.15, 0.2) is 0 Å². The Bertz CT molecular complexity index is 591. The summed E-state index contributed by atoms with van der Waals surface area (Å²) in [6.45, 7) is 3.71. The van der Waals surface area contributed by atoms with Crippen molar-refractivity contribution in [2.75, 3.05) is 0 Å². The fraction of sp³-hybridized carbons (Fsp3) is 0.200. The van der Waals surface area contributed by atoms with Crippen LogP contribution in [-0.4, -0.2) is 0 Å². The van der Waals surface area contributed by atoms with Crippen LogP contribution in [0.15, 0.2) is 30.3 Å². The van der Waals surface area contributed by atoms with Gasteiger partial charge in [-0.3, -0.25) is 0 Å². The van der Waals surface area contributed by atoms with Gasteiger partial charge in [0.25, 0.3) is 0 Å². The van der Waals surface area contributed by atoms with Crippen LogP contribution in [0.4, 0.5) is 8.78 Å². The van der Waals surface area contributed by atoms with Crippen molar-refractivity contribution in [1.29, 1.82) is 0 Å². The molecule has 18 heavy (non-hydrogen) atoms. The molecular formula is C15H13ClF2. The van der Waals surface area contributed by atoms with E-state index in [4.69, 9.17) is 11.6 Å². The van der Waals surface area contributed by atoms with Gasteiger partial charge in [-0.2, -0.15) is 0 Å². The van der Waals surface area contributed by atoms with Gasteiger partial charge in [-0.05, 0) is 42.7 Å². The first-order chi connectivity index (χ1) is 8.47. The third-order valence-corrected chi connectivity index (χ3v) is 3.11. The van der Waals surface area contributed by atoms with Gasteiger partial charge in [0, 0.05) is 6.42 Å². The van der Waals surface area contributed by atoms with Crippen LogP contribution in [-0.2, 0) is 6.42 Å². The monoisotopic (exact) mass is 266 g/mol. The first kappa shape index (κ1) is 13.0. The summed E-state index contributed by atoms with van der Waals surface area (Å²) in [6.07, 6.45) is 0.209. The molecule has 0 bridgehead atoms. The van der Waals surface area contributed by atoms with Crippen LogP contribution < -0.4 is 0 Å². The minimum Gasteiger partial charge on any atom is -0.207 e. The third kappa shape index (κ3) is 2.70. The summed E-state index contributed by atoms with van der Waals surface area (Å²) in [6, 6.07) is 8.08. The van der Waals surface area contributed by atoms with E-state index in [0.717, 1.165) is 11.1 Å². The van der Waals surface area contributed by atoms with E-state index in [-0.39, 0.29) is 17.3 Å². The average Bonchev–Trinajstić information content (AvgIpc) is 2.30. The molecule has 2 aromatic rings. The van der Waals surface area contributed by atoms with E-state index < -0.39 is 5.82 Å². The number of aryl methyl sites for hydroxylation is 2. The Hall–Kier alpha value is -1.41. The quantitative estimate of drug-likeness (QED) is 0.731. The van der Waals surface area contributed by atoms with Crippen molar-refractivity contribution in [3.05, 3.63) is 69.2 Å². The Balaban J connectivity index is 2.43. The molecule has 2 aromatic carbocycles. The zero-order valence-electron chi connectivity index (χ0n) is 10.2. The Morgan fingerprint density at radius 1 is 0.944 bits per heavy atom. The van der Waals surface area contributed by atoms with E-state index in [1.165, 1.54) is 6.07 Å². The lowest BCUT2D eigenvalue weighted by atomic mass is 10.0. The van der Waals surface area contributed by atoms with Crippen LogP contribution in [0.25, 0.3) is 0 Å². The second-order valence-electron chi connectivity index (χ2n) is 4.49. The van der Waals surface area contributed by atoms with Crippen LogP contribution in [0.3, 0.4) is 0 Å². The molecule has 0 spiro atoms. The average molecular weight is 267 g/mol. The van der Waals surface area contributed by atoms with Gasteiger partial charge < -0.3 is 0 Å². The molecule has 0 radical (unpaired) electrons. The van der Waals surface area contributed by atoms with Crippen molar-refractivity contribution in [3.63, 3.8) is 0 Å². The molecular weight excluding hydrogens is 254 g/mol. The lowest BCUT2D eigenvalue weighted by Crippen LogP contribution is -1.98. The summed E-state index contributed by atoms with van der Waals surface area (Å²) in [5.41, 5.74) is 2.72. The second-order valence-corrected chi connectivity index (χ2v) is 4.90. The van der Waals surface area contributed by atoms with Gasteiger partial charge >= 0.3 is 0 Å². The molecule has 0 saturated heterocycles. The van der Waals surface area contributed by atoms with Gasteiger partial charge in [-0.15, -0.1) is 0 Å². The van der Waals surface area contributed by atoms with Crippen molar-refractivity contribution in [1.82, 2.24) is 0 Å². The predicted octanol–water partition coefficient (Wildman–Crippen LogP) is 4.83. The first-order valence-electron chi connectivity index (χ1n) is 5.67. The fourth-order valence-electron chi connectivity index (χ4n) is 1.97. The van der Waals surface area contributed by atoms with Crippen molar-refractivity contribution in [2.45, 2.75) is 20.3 Å².